The van der Waals surface area contributed by atoms with E-state index in [-0.39, 0.29) is 12.0 Å². The number of hydrogen-bond acceptors (Lipinski definition) is 4. The molecule has 168 valence electrons. The molecule has 0 spiro atoms. The standard InChI is InChI=1S/C23H48N2O2S/c1-4-7-8-9-10-11-12-13-14-15-16-17-23(27)24-18-19-28-21-22(26)20-25(5-2)6-3/h22,26H,4-21H2,1-3H3,(H,24,27). The summed E-state index contributed by atoms with van der Waals surface area (Å²) in [5, 5.41) is 13.0. The van der Waals surface area contributed by atoms with E-state index in [1.54, 1.807) is 11.8 Å². The molecular weight excluding hydrogens is 368 g/mol. The van der Waals surface area contributed by atoms with E-state index < -0.39 is 0 Å². The first-order valence-electron chi connectivity index (χ1n) is 11.9. The van der Waals surface area contributed by atoms with E-state index >= 15 is 0 Å². The largest absolute Gasteiger partial charge is 0.391 e. The Balaban J connectivity index is 3.33. The second-order valence-electron chi connectivity index (χ2n) is 7.85. The molecule has 28 heavy (non-hydrogen) atoms. The fraction of sp³-hybridized carbons (Fsp3) is 0.957. The fourth-order valence-electron chi connectivity index (χ4n) is 3.35. The molecule has 5 heteroatoms. The Morgan fingerprint density at radius 3 is 1.96 bits per heavy atom. The fourth-order valence-corrected chi connectivity index (χ4v) is 4.14. The van der Waals surface area contributed by atoms with E-state index in [0.29, 0.717) is 13.0 Å². The van der Waals surface area contributed by atoms with Crippen LogP contribution in [-0.2, 0) is 4.79 Å². The molecule has 0 aliphatic carbocycles. The summed E-state index contributed by atoms with van der Waals surface area (Å²) < 4.78 is 0. The number of rotatable bonds is 21. The Morgan fingerprint density at radius 2 is 1.43 bits per heavy atom. The molecule has 1 amide bonds. The van der Waals surface area contributed by atoms with Crippen LogP contribution in [0.1, 0.15) is 97.8 Å². The maximum atomic E-state index is 11.8. The maximum absolute atomic E-state index is 11.8. The van der Waals surface area contributed by atoms with Crippen LogP contribution in [0.5, 0.6) is 0 Å². The molecule has 1 unspecified atom stereocenters. The quantitative estimate of drug-likeness (QED) is 0.251. The maximum Gasteiger partial charge on any atom is 0.220 e. The Labute approximate surface area is 179 Å². The van der Waals surface area contributed by atoms with Crippen LogP contribution in [0.4, 0.5) is 0 Å². The van der Waals surface area contributed by atoms with E-state index in [9.17, 15) is 9.90 Å². The topological polar surface area (TPSA) is 52.6 Å². The monoisotopic (exact) mass is 416 g/mol. The van der Waals surface area contributed by atoms with Gasteiger partial charge in [-0.2, -0.15) is 11.8 Å². The van der Waals surface area contributed by atoms with Gasteiger partial charge < -0.3 is 15.3 Å². The van der Waals surface area contributed by atoms with Crippen LogP contribution in [0.3, 0.4) is 0 Å². The van der Waals surface area contributed by atoms with E-state index in [2.05, 4.69) is 31.0 Å². The van der Waals surface area contributed by atoms with Crippen LogP contribution < -0.4 is 5.32 Å². The zero-order valence-electron chi connectivity index (χ0n) is 19.0. The van der Waals surface area contributed by atoms with Crippen LogP contribution in [0.15, 0.2) is 0 Å². The van der Waals surface area contributed by atoms with Crippen molar-refractivity contribution in [3.8, 4) is 0 Å². The minimum absolute atomic E-state index is 0.181. The second kappa shape index (κ2) is 21.4. The normalized spacial score (nSPS) is 12.5. The third-order valence-electron chi connectivity index (χ3n) is 5.25. The van der Waals surface area contributed by atoms with Gasteiger partial charge in [0, 0.05) is 31.0 Å². The zero-order valence-corrected chi connectivity index (χ0v) is 19.8. The number of carbonyl (C=O) groups is 1. The molecule has 0 aliphatic rings. The molecule has 0 saturated heterocycles. The number of aliphatic hydroxyl groups excluding tert-OH is 1. The molecular formula is C23H48N2O2S. The molecule has 0 rings (SSSR count). The lowest BCUT2D eigenvalue weighted by molar-refractivity contribution is -0.121. The zero-order chi connectivity index (χ0) is 20.9. The molecule has 0 saturated carbocycles. The van der Waals surface area contributed by atoms with Gasteiger partial charge in [-0.15, -0.1) is 0 Å². The summed E-state index contributed by atoms with van der Waals surface area (Å²) in [7, 11) is 0. The van der Waals surface area contributed by atoms with Crippen molar-refractivity contribution < 1.29 is 9.90 Å². The first kappa shape index (κ1) is 27.7. The van der Waals surface area contributed by atoms with Crippen molar-refractivity contribution in [2.75, 3.05) is 37.7 Å². The predicted molar refractivity (Wildman–Crippen MR) is 125 cm³/mol. The van der Waals surface area contributed by atoms with Crippen molar-refractivity contribution in [1.82, 2.24) is 10.2 Å². The number of likely N-dealkylation sites (N-methyl/N-ethyl adjacent to an activating group) is 1. The number of unbranched alkanes of at least 4 members (excludes halogenated alkanes) is 10. The van der Waals surface area contributed by atoms with E-state index in [0.717, 1.165) is 37.6 Å². The molecule has 2 N–H and O–H groups in total. The number of amides is 1. The van der Waals surface area contributed by atoms with Crippen LogP contribution in [0.2, 0.25) is 0 Å². The van der Waals surface area contributed by atoms with E-state index in [1.165, 1.54) is 64.2 Å². The molecule has 0 aromatic carbocycles. The van der Waals surface area contributed by atoms with Crippen molar-refractivity contribution in [3.63, 3.8) is 0 Å². The van der Waals surface area contributed by atoms with Crippen LogP contribution in [-0.4, -0.2) is 59.7 Å². The van der Waals surface area contributed by atoms with E-state index in [1.807, 2.05) is 0 Å². The summed E-state index contributed by atoms with van der Waals surface area (Å²) in [6.45, 7) is 9.91. The number of nitrogens with one attached hydrogen (secondary N) is 1. The van der Waals surface area contributed by atoms with E-state index in [4.69, 9.17) is 0 Å². The number of nitrogens with zero attached hydrogens (tertiary/aromatic N) is 1. The highest BCUT2D eigenvalue weighted by Gasteiger charge is 2.09. The molecule has 0 heterocycles. The molecule has 0 fully saturated rings. The van der Waals surface area contributed by atoms with Gasteiger partial charge in [0.25, 0.3) is 0 Å². The van der Waals surface area contributed by atoms with Gasteiger partial charge in [-0.3, -0.25) is 4.79 Å². The van der Waals surface area contributed by atoms with Gasteiger partial charge in [-0.1, -0.05) is 85.0 Å². The third-order valence-corrected chi connectivity index (χ3v) is 6.36. The summed E-state index contributed by atoms with van der Waals surface area (Å²) in [6, 6.07) is 0. The first-order chi connectivity index (χ1) is 13.6. The molecule has 0 radical (unpaired) electrons. The highest BCUT2D eigenvalue weighted by molar-refractivity contribution is 7.99. The summed E-state index contributed by atoms with van der Waals surface area (Å²) in [5.41, 5.74) is 0. The van der Waals surface area contributed by atoms with Crippen molar-refractivity contribution >= 4 is 17.7 Å². The Bertz CT molecular complexity index is 339. The molecule has 0 aliphatic heterocycles. The highest BCUT2D eigenvalue weighted by Crippen LogP contribution is 2.12. The van der Waals surface area contributed by atoms with Crippen molar-refractivity contribution in [2.24, 2.45) is 0 Å². The van der Waals surface area contributed by atoms with Gasteiger partial charge in [-0.05, 0) is 19.5 Å². The molecule has 1 atom stereocenters. The number of hydrogen-bond donors (Lipinski definition) is 2. The van der Waals surface area contributed by atoms with Gasteiger partial charge in [0.1, 0.15) is 0 Å². The minimum Gasteiger partial charge on any atom is -0.391 e. The van der Waals surface area contributed by atoms with Gasteiger partial charge in [0.15, 0.2) is 0 Å². The van der Waals surface area contributed by atoms with Gasteiger partial charge >= 0.3 is 0 Å². The van der Waals surface area contributed by atoms with Gasteiger partial charge in [-0.25, -0.2) is 0 Å². The second-order valence-corrected chi connectivity index (χ2v) is 9.00. The number of aliphatic hydroxyl groups is 1. The smallest absolute Gasteiger partial charge is 0.220 e. The van der Waals surface area contributed by atoms with Crippen molar-refractivity contribution in [3.05, 3.63) is 0 Å². The lowest BCUT2D eigenvalue weighted by Crippen LogP contribution is -2.33. The molecule has 0 aromatic heterocycles. The van der Waals surface area contributed by atoms with Crippen molar-refractivity contribution in [2.45, 2.75) is 104 Å². The highest BCUT2D eigenvalue weighted by atomic mass is 32.2. The summed E-state index contributed by atoms with van der Waals surface area (Å²) in [4.78, 5) is 14.1. The van der Waals surface area contributed by atoms with Crippen LogP contribution in [0, 0.1) is 0 Å². The Morgan fingerprint density at radius 1 is 0.893 bits per heavy atom. The Hall–Kier alpha value is -0.260. The van der Waals surface area contributed by atoms with Gasteiger partial charge in [0.05, 0.1) is 6.10 Å². The van der Waals surface area contributed by atoms with Crippen molar-refractivity contribution in [1.29, 1.82) is 0 Å². The van der Waals surface area contributed by atoms with Gasteiger partial charge in [0.2, 0.25) is 5.91 Å². The average molecular weight is 417 g/mol. The summed E-state index contributed by atoms with van der Waals surface area (Å²) in [5.74, 6) is 1.80. The average Bonchev–Trinajstić information content (AvgIpc) is 2.69. The molecule has 4 nitrogen and oxygen atoms in total. The number of carbonyl (C=O) groups excluding carboxylic acids is 1. The molecule has 0 aromatic rings. The predicted octanol–water partition coefficient (Wildman–Crippen LogP) is 5.24. The first-order valence-corrected chi connectivity index (χ1v) is 13.0. The van der Waals surface area contributed by atoms with Crippen LogP contribution in [0.25, 0.3) is 0 Å². The summed E-state index contributed by atoms with van der Waals surface area (Å²) in [6.07, 6.45) is 14.8. The number of thioether (sulfide) groups is 1. The molecule has 0 bridgehead atoms. The summed E-state index contributed by atoms with van der Waals surface area (Å²) >= 11 is 1.72. The lowest BCUT2D eigenvalue weighted by Gasteiger charge is -2.21. The third kappa shape index (κ3) is 19.1. The van der Waals surface area contributed by atoms with Crippen LogP contribution >= 0.6 is 11.8 Å². The Kier molecular flexibility index (Phi) is 21.2. The SMILES string of the molecule is CCCCCCCCCCCCCC(=O)NCCSCC(O)CN(CC)CC. The lowest BCUT2D eigenvalue weighted by atomic mass is 10.1. The minimum atomic E-state index is -0.281.